The van der Waals surface area contributed by atoms with Crippen LogP contribution in [0.5, 0.6) is 11.5 Å². The van der Waals surface area contributed by atoms with Gasteiger partial charge in [-0.05, 0) is 24.3 Å². The van der Waals surface area contributed by atoms with Crippen molar-refractivity contribution < 1.29 is 24.9 Å². The van der Waals surface area contributed by atoms with Crippen molar-refractivity contribution in [3.8, 4) is 11.5 Å². The number of rotatable bonds is 4. The summed E-state index contributed by atoms with van der Waals surface area (Å²) in [5, 5.41) is 30.1. The molecule has 7 heteroatoms. The Morgan fingerprint density at radius 3 is 2.57 bits per heavy atom. The second-order valence-electron chi connectivity index (χ2n) is 4.23. The summed E-state index contributed by atoms with van der Waals surface area (Å²) in [6.07, 6.45) is 1.34. The molecular weight excluding hydrogens is 276 g/mol. The molecule has 0 aliphatic carbocycles. The molecule has 0 aliphatic rings. The summed E-state index contributed by atoms with van der Waals surface area (Å²) in [4.78, 5) is 26.6. The van der Waals surface area contributed by atoms with E-state index >= 15 is 0 Å². The van der Waals surface area contributed by atoms with E-state index in [0.29, 0.717) is 5.69 Å². The molecule has 0 aliphatic heterocycles. The van der Waals surface area contributed by atoms with Crippen LogP contribution in [0.25, 0.3) is 0 Å². The van der Waals surface area contributed by atoms with Gasteiger partial charge in [0.1, 0.15) is 11.5 Å². The number of hydrogen-bond acceptors (Lipinski definition) is 5. The molecule has 1 amide bonds. The molecule has 0 fully saturated rings. The number of carbonyl (C=O) groups excluding carboxylic acids is 1. The zero-order valence-corrected chi connectivity index (χ0v) is 10.8. The van der Waals surface area contributed by atoms with E-state index in [4.69, 9.17) is 10.2 Å². The van der Waals surface area contributed by atoms with E-state index in [1.807, 2.05) is 0 Å². The van der Waals surface area contributed by atoms with Crippen molar-refractivity contribution >= 4 is 11.9 Å². The fraction of sp³-hybridized carbons (Fsp3) is 0.0714. The number of nitrogens with zero attached hydrogens (tertiary/aromatic N) is 1. The summed E-state index contributed by atoms with van der Waals surface area (Å²) >= 11 is 0. The molecule has 1 aromatic heterocycles. The molecular formula is C14H12N2O5. The number of aromatic hydroxyl groups is 2. The number of hydrogen-bond donors (Lipinski definition) is 4. The fourth-order valence-corrected chi connectivity index (χ4v) is 1.69. The van der Waals surface area contributed by atoms with E-state index < -0.39 is 11.9 Å². The van der Waals surface area contributed by atoms with Crippen LogP contribution in [0.15, 0.2) is 36.5 Å². The summed E-state index contributed by atoms with van der Waals surface area (Å²) in [7, 11) is 0. The Morgan fingerprint density at radius 2 is 1.90 bits per heavy atom. The summed E-state index contributed by atoms with van der Waals surface area (Å²) in [5.41, 5.74) is 0.449. The van der Waals surface area contributed by atoms with Crippen LogP contribution in [0.4, 0.5) is 0 Å². The number of phenolic OH excluding ortho intramolecular Hbond substituents is 2. The molecule has 108 valence electrons. The summed E-state index contributed by atoms with van der Waals surface area (Å²) < 4.78 is 0. The topological polar surface area (TPSA) is 120 Å². The number of amides is 1. The van der Waals surface area contributed by atoms with Gasteiger partial charge >= 0.3 is 5.97 Å². The first-order valence-corrected chi connectivity index (χ1v) is 5.96. The van der Waals surface area contributed by atoms with Gasteiger partial charge in [0.25, 0.3) is 5.91 Å². The first kappa shape index (κ1) is 14.3. The van der Waals surface area contributed by atoms with Crippen LogP contribution in [-0.2, 0) is 6.54 Å². The molecule has 0 radical (unpaired) electrons. The Labute approximate surface area is 119 Å². The Balaban J connectivity index is 2.07. The van der Waals surface area contributed by atoms with Gasteiger partial charge in [0, 0.05) is 12.3 Å². The molecule has 0 unspecified atom stereocenters. The first-order valence-electron chi connectivity index (χ1n) is 5.96. The molecule has 21 heavy (non-hydrogen) atoms. The van der Waals surface area contributed by atoms with Crippen LogP contribution in [0.3, 0.4) is 0 Å². The van der Waals surface area contributed by atoms with Crippen molar-refractivity contribution in [2.75, 3.05) is 0 Å². The number of carbonyl (C=O) groups is 2. The number of pyridine rings is 1. The maximum atomic E-state index is 11.9. The maximum absolute atomic E-state index is 11.9. The van der Waals surface area contributed by atoms with Gasteiger partial charge in [0.05, 0.1) is 23.4 Å². The normalized spacial score (nSPS) is 10.1. The van der Waals surface area contributed by atoms with Gasteiger partial charge < -0.3 is 20.6 Å². The van der Waals surface area contributed by atoms with Crippen LogP contribution in [-0.4, -0.2) is 32.2 Å². The molecule has 4 N–H and O–H groups in total. The van der Waals surface area contributed by atoms with Gasteiger partial charge in [-0.2, -0.15) is 0 Å². The minimum absolute atomic E-state index is 0.00203. The van der Waals surface area contributed by atoms with E-state index in [9.17, 15) is 14.7 Å². The smallest absolute Gasteiger partial charge is 0.335 e. The van der Waals surface area contributed by atoms with E-state index in [0.717, 1.165) is 6.07 Å². The highest BCUT2D eigenvalue weighted by molar-refractivity contribution is 5.97. The van der Waals surface area contributed by atoms with Crippen molar-refractivity contribution in [2.24, 2.45) is 0 Å². The lowest BCUT2D eigenvalue weighted by molar-refractivity contribution is 0.0696. The third kappa shape index (κ3) is 3.47. The molecule has 0 spiro atoms. The number of nitrogens with one attached hydrogen (secondary N) is 1. The third-order valence-corrected chi connectivity index (χ3v) is 2.72. The molecule has 2 rings (SSSR count). The molecule has 0 saturated carbocycles. The van der Waals surface area contributed by atoms with Gasteiger partial charge in [-0.1, -0.05) is 0 Å². The quantitative estimate of drug-likeness (QED) is 0.669. The second kappa shape index (κ2) is 5.91. The Kier molecular flexibility index (Phi) is 4.03. The SMILES string of the molecule is O=C(O)c1ccnc(CNC(=O)c2ccc(O)cc2O)c1. The summed E-state index contributed by atoms with van der Waals surface area (Å²) in [6, 6.07) is 6.30. The lowest BCUT2D eigenvalue weighted by atomic mass is 10.1. The molecule has 0 saturated heterocycles. The maximum Gasteiger partial charge on any atom is 0.335 e. The standard InChI is InChI=1S/C14H12N2O5/c17-10-1-2-11(12(18)6-10)13(19)16-7-9-5-8(14(20)21)3-4-15-9/h1-6,17-18H,7H2,(H,16,19)(H,20,21). The van der Waals surface area contributed by atoms with Gasteiger partial charge in [0.15, 0.2) is 0 Å². The van der Waals surface area contributed by atoms with Gasteiger partial charge in [0.2, 0.25) is 0 Å². The minimum atomic E-state index is -1.08. The number of phenols is 2. The van der Waals surface area contributed by atoms with Crippen molar-refractivity contribution in [1.82, 2.24) is 10.3 Å². The predicted molar refractivity (Wildman–Crippen MR) is 72.1 cm³/mol. The van der Waals surface area contributed by atoms with Gasteiger partial charge in [-0.25, -0.2) is 4.79 Å². The van der Waals surface area contributed by atoms with Crippen LogP contribution in [0.2, 0.25) is 0 Å². The van der Waals surface area contributed by atoms with E-state index in [1.54, 1.807) is 0 Å². The average molecular weight is 288 g/mol. The third-order valence-electron chi connectivity index (χ3n) is 2.72. The van der Waals surface area contributed by atoms with Crippen LogP contribution in [0.1, 0.15) is 26.4 Å². The Bertz CT molecular complexity index is 700. The zero-order chi connectivity index (χ0) is 15.4. The number of benzene rings is 1. The van der Waals surface area contributed by atoms with Crippen molar-refractivity contribution in [2.45, 2.75) is 6.54 Å². The number of carboxylic acids is 1. The monoisotopic (exact) mass is 288 g/mol. The van der Waals surface area contributed by atoms with Crippen molar-refractivity contribution in [3.63, 3.8) is 0 Å². The highest BCUT2D eigenvalue weighted by Gasteiger charge is 2.12. The highest BCUT2D eigenvalue weighted by atomic mass is 16.4. The minimum Gasteiger partial charge on any atom is -0.508 e. The average Bonchev–Trinajstić information content (AvgIpc) is 2.45. The molecule has 2 aromatic rings. The van der Waals surface area contributed by atoms with E-state index in [2.05, 4.69) is 10.3 Å². The lowest BCUT2D eigenvalue weighted by Gasteiger charge is -2.07. The van der Waals surface area contributed by atoms with Crippen molar-refractivity contribution in [3.05, 3.63) is 53.3 Å². The molecule has 0 atom stereocenters. The Morgan fingerprint density at radius 1 is 1.14 bits per heavy atom. The van der Waals surface area contributed by atoms with E-state index in [-0.39, 0.29) is 29.2 Å². The molecule has 7 nitrogen and oxygen atoms in total. The zero-order valence-electron chi connectivity index (χ0n) is 10.8. The van der Waals surface area contributed by atoms with Gasteiger partial charge in [-0.15, -0.1) is 0 Å². The van der Waals surface area contributed by atoms with Gasteiger partial charge in [-0.3, -0.25) is 9.78 Å². The molecule has 1 aromatic carbocycles. The summed E-state index contributed by atoms with van der Waals surface area (Å²) in [5.74, 6) is -2.14. The number of carboxylic acid groups (broad SMARTS) is 1. The van der Waals surface area contributed by atoms with Crippen LogP contribution in [0, 0.1) is 0 Å². The molecule has 0 bridgehead atoms. The van der Waals surface area contributed by atoms with E-state index in [1.165, 1.54) is 30.5 Å². The predicted octanol–water partition coefficient (Wildman–Crippen LogP) is 1.12. The van der Waals surface area contributed by atoms with Crippen molar-refractivity contribution in [1.29, 1.82) is 0 Å². The first-order chi connectivity index (χ1) is 9.97. The summed E-state index contributed by atoms with van der Waals surface area (Å²) in [6.45, 7) is 0.0142. The second-order valence-corrected chi connectivity index (χ2v) is 4.23. The van der Waals surface area contributed by atoms with Crippen LogP contribution < -0.4 is 5.32 Å². The lowest BCUT2D eigenvalue weighted by Crippen LogP contribution is -2.23. The fourth-order valence-electron chi connectivity index (χ4n) is 1.69. The Hall–Kier alpha value is -3.09. The number of aromatic carboxylic acids is 1. The molecule has 1 heterocycles. The van der Waals surface area contributed by atoms with Crippen LogP contribution >= 0.6 is 0 Å². The highest BCUT2D eigenvalue weighted by Crippen LogP contribution is 2.22. The number of aromatic nitrogens is 1. The largest absolute Gasteiger partial charge is 0.508 e.